The van der Waals surface area contributed by atoms with Gasteiger partial charge in [0, 0.05) is 20.2 Å². The Bertz CT molecular complexity index is 518. The van der Waals surface area contributed by atoms with E-state index in [0.29, 0.717) is 0 Å². The summed E-state index contributed by atoms with van der Waals surface area (Å²) in [5.41, 5.74) is 0. The number of fused-ring (bicyclic) bond motifs is 3. The van der Waals surface area contributed by atoms with E-state index < -0.39 is 0 Å². The molecule has 0 bridgehead atoms. The second kappa shape index (κ2) is 3.71. The minimum atomic E-state index is 0. The van der Waals surface area contributed by atoms with Gasteiger partial charge in [-0.2, -0.15) is 0 Å². The molecule has 2 aromatic carbocycles. The summed E-state index contributed by atoms with van der Waals surface area (Å²) in [6, 6.07) is 17.1. The minimum Gasteiger partial charge on any atom is -0.135 e. The Labute approximate surface area is 96.9 Å². The topological polar surface area (TPSA) is 0 Å². The summed E-state index contributed by atoms with van der Waals surface area (Å²) in [4.78, 5) is 0. The van der Waals surface area contributed by atoms with E-state index in [2.05, 4.69) is 48.5 Å². The average Bonchev–Trinajstić information content (AvgIpc) is 2.56. The van der Waals surface area contributed by atoms with Crippen LogP contribution >= 0.6 is 28.3 Å². The molecule has 0 aliphatic carbocycles. The SMILES string of the molecule is Br.c1ccc2c(c1)sc1ccccc12. The van der Waals surface area contributed by atoms with Gasteiger partial charge in [0.25, 0.3) is 0 Å². The van der Waals surface area contributed by atoms with Crippen molar-refractivity contribution in [2.45, 2.75) is 0 Å². The molecule has 3 rings (SSSR count). The Balaban J connectivity index is 0.000000750. The fourth-order valence-electron chi connectivity index (χ4n) is 1.67. The molecule has 0 N–H and O–H groups in total. The summed E-state index contributed by atoms with van der Waals surface area (Å²) in [5.74, 6) is 0. The largest absolute Gasteiger partial charge is 0.135 e. The highest BCUT2D eigenvalue weighted by Gasteiger charge is 2.01. The van der Waals surface area contributed by atoms with Gasteiger partial charge in [0.05, 0.1) is 0 Å². The molecule has 2 heteroatoms. The molecule has 0 spiro atoms. The van der Waals surface area contributed by atoms with Crippen LogP contribution in [0.4, 0.5) is 0 Å². The highest BCUT2D eigenvalue weighted by atomic mass is 79.9. The first-order chi connectivity index (χ1) is 6.45. The number of benzene rings is 2. The van der Waals surface area contributed by atoms with Crippen LogP contribution in [0.5, 0.6) is 0 Å². The Morgan fingerprint density at radius 2 is 1.07 bits per heavy atom. The van der Waals surface area contributed by atoms with Gasteiger partial charge in [-0.25, -0.2) is 0 Å². The fraction of sp³-hybridized carbons (Fsp3) is 0. The van der Waals surface area contributed by atoms with Crippen LogP contribution in [0, 0.1) is 0 Å². The standard InChI is InChI=1S/C12H8S.BrH/c1-3-7-11-9(5-1)10-6-2-4-8-12(10)13-11;/h1-8H;1H. The van der Waals surface area contributed by atoms with Crippen molar-refractivity contribution in [3.05, 3.63) is 48.5 Å². The maximum atomic E-state index is 2.19. The highest BCUT2D eigenvalue weighted by molar-refractivity contribution is 8.93. The zero-order valence-electron chi connectivity index (χ0n) is 7.44. The number of rotatable bonds is 0. The van der Waals surface area contributed by atoms with E-state index in [1.54, 1.807) is 0 Å². The zero-order chi connectivity index (χ0) is 8.67. The molecular formula is C12H9BrS. The lowest BCUT2D eigenvalue weighted by atomic mass is 10.2. The molecule has 0 saturated heterocycles. The first kappa shape index (κ1) is 9.69. The lowest BCUT2D eigenvalue weighted by Crippen LogP contribution is -1.62. The van der Waals surface area contributed by atoms with Gasteiger partial charge in [0.1, 0.15) is 0 Å². The summed E-state index contributed by atoms with van der Waals surface area (Å²) >= 11 is 1.86. The molecule has 0 aliphatic rings. The van der Waals surface area contributed by atoms with E-state index in [0.717, 1.165) is 0 Å². The van der Waals surface area contributed by atoms with Crippen molar-refractivity contribution < 1.29 is 0 Å². The lowest BCUT2D eigenvalue weighted by molar-refractivity contribution is 1.84. The second-order valence-corrected chi connectivity index (χ2v) is 4.18. The van der Waals surface area contributed by atoms with Crippen LogP contribution < -0.4 is 0 Å². The van der Waals surface area contributed by atoms with Gasteiger partial charge in [-0.05, 0) is 12.1 Å². The zero-order valence-corrected chi connectivity index (χ0v) is 9.96. The normalized spacial score (nSPS) is 10.3. The van der Waals surface area contributed by atoms with Crippen LogP contribution in [0.2, 0.25) is 0 Å². The smallest absolute Gasteiger partial charge is 0.0355 e. The van der Waals surface area contributed by atoms with Crippen LogP contribution in [0.1, 0.15) is 0 Å². The van der Waals surface area contributed by atoms with Crippen molar-refractivity contribution in [1.29, 1.82) is 0 Å². The summed E-state index contributed by atoms with van der Waals surface area (Å²) in [7, 11) is 0. The van der Waals surface area contributed by atoms with Crippen LogP contribution in [-0.4, -0.2) is 0 Å². The average molecular weight is 265 g/mol. The molecular weight excluding hydrogens is 256 g/mol. The highest BCUT2D eigenvalue weighted by Crippen LogP contribution is 2.32. The van der Waals surface area contributed by atoms with E-state index >= 15 is 0 Å². The van der Waals surface area contributed by atoms with Crippen molar-refractivity contribution in [3.8, 4) is 0 Å². The number of hydrogen-bond donors (Lipinski definition) is 0. The van der Waals surface area contributed by atoms with Crippen LogP contribution in [0.3, 0.4) is 0 Å². The molecule has 0 unspecified atom stereocenters. The molecule has 0 radical (unpaired) electrons. The first-order valence-corrected chi connectivity index (χ1v) is 5.13. The summed E-state index contributed by atoms with van der Waals surface area (Å²) < 4.78 is 2.76. The van der Waals surface area contributed by atoms with E-state index in [1.807, 2.05) is 11.3 Å². The number of hydrogen-bond acceptors (Lipinski definition) is 1. The van der Waals surface area contributed by atoms with Gasteiger partial charge in [0.15, 0.2) is 0 Å². The molecule has 0 saturated carbocycles. The Morgan fingerprint density at radius 3 is 1.57 bits per heavy atom. The van der Waals surface area contributed by atoms with Gasteiger partial charge < -0.3 is 0 Å². The van der Waals surface area contributed by atoms with E-state index in [4.69, 9.17) is 0 Å². The van der Waals surface area contributed by atoms with Crippen LogP contribution in [0.15, 0.2) is 48.5 Å². The minimum absolute atomic E-state index is 0. The van der Waals surface area contributed by atoms with Crippen molar-refractivity contribution >= 4 is 48.5 Å². The van der Waals surface area contributed by atoms with Crippen LogP contribution in [0.25, 0.3) is 20.2 Å². The predicted octanol–water partition coefficient (Wildman–Crippen LogP) is 4.63. The third kappa shape index (κ3) is 1.35. The maximum Gasteiger partial charge on any atom is 0.0355 e. The quantitative estimate of drug-likeness (QED) is 0.555. The summed E-state index contributed by atoms with van der Waals surface area (Å²) in [6.45, 7) is 0. The number of halogens is 1. The molecule has 70 valence electrons. The molecule has 0 aliphatic heterocycles. The maximum absolute atomic E-state index is 2.19. The van der Waals surface area contributed by atoms with Crippen LogP contribution in [-0.2, 0) is 0 Å². The molecule has 0 atom stereocenters. The van der Waals surface area contributed by atoms with Crippen molar-refractivity contribution in [1.82, 2.24) is 0 Å². The van der Waals surface area contributed by atoms with Crippen molar-refractivity contribution in [2.75, 3.05) is 0 Å². The van der Waals surface area contributed by atoms with E-state index in [-0.39, 0.29) is 17.0 Å². The van der Waals surface area contributed by atoms with E-state index in [9.17, 15) is 0 Å². The van der Waals surface area contributed by atoms with Gasteiger partial charge in [-0.15, -0.1) is 28.3 Å². The first-order valence-electron chi connectivity index (χ1n) is 4.31. The summed E-state index contributed by atoms with van der Waals surface area (Å²) in [5, 5.41) is 2.76. The summed E-state index contributed by atoms with van der Waals surface area (Å²) in [6.07, 6.45) is 0. The molecule has 1 aromatic heterocycles. The molecule has 1 heterocycles. The van der Waals surface area contributed by atoms with Gasteiger partial charge in [0.2, 0.25) is 0 Å². The number of thiophene rings is 1. The third-order valence-corrected chi connectivity index (χ3v) is 3.44. The second-order valence-electron chi connectivity index (χ2n) is 3.09. The Morgan fingerprint density at radius 1 is 0.643 bits per heavy atom. The lowest BCUT2D eigenvalue weighted by Gasteiger charge is -1.88. The third-order valence-electron chi connectivity index (χ3n) is 2.28. The van der Waals surface area contributed by atoms with Gasteiger partial charge >= 0.3 is 0 Å². The molecule has 14 heavy (non-hydrogen) atoms. The van der Waals surface area contributed by atoms with Crippen molar-refractivity contribution in [3.63, 3.8) is 0 Å². The van der Waals surface area contributed by atoms with Crippen molar-refractivity contribution in [2.24, 2.45) is 0 Å². The molecule has 3 aromatic rings. The Hall–Kier alpha value is -0.860. The predicted molar refractivity (Wildman–Crippen MR) is 69.7 cm³/mol. The molecule has 0 nitrogen and oxygen atoms in total. The van der Waals surface area contributed by atoms with E-state index in [1.165, 1.54) is 20.2 Å². The molecule has 0 amide bonds. The van der Waals surface area contributed by atoms with Gasteiger partial charge in [-0.3, -0.25) is 0 Å². The van der Waals surface area contributed by atoms with Gasteiger partial charge in [-0.1, -0.05) is 36.4 Å². The monoisotopic (exact) mass is 264 g/mol. The Kier molecular flexibility index (Phi) is 2.57. The fourth-order valence-corrected chi connectivity index (χ4v) is 2.78. The molecule has 0 fully saturated rings.